The Kier molecular flexibility index (Phi) is 5.11. The first-order chi connectivity index (χ1) is 11.3. The van der Waals surface area contributed by atoms with Gasteiger partial charge in [0.1, 0.15) is 0 Å². The second-order valence-corrected chi connectivity index (χ2v) is 6.04. The van der Waals surface area contributed by atoms with Crippen LogP contribution in [0.5, 0.6) is 0 Å². The van der Waals surface area contributed by atoms with Crippen molar-refractivity contribution in [1.82, 2.24) is 9.88 Å². The van der Waals surface area contributed by atoms with E-state index in [1.54, 1.807) is 0 Å². The highest BCUT2D eigenvalue weighted by molar-refractivity contribution is 5.84. The van der Waals surface area contributed by atoms with E-state index in [4.69, 9.17) is 5.11 Å². The molecule has 0 atom stereocenters. The highest BCUT2D eigenvalue weighted by atomic mass is 16.3. The molecule has 0 spiro atoms. The number of aliphatic hydroxyl groups excluding tert-OH is 1. The van der Waals surface area contributed by atoms with E-state index in [2.05, 4.69) is 71.5 Å². The van der Waals surface area contributed by atoms with E-state index in [1.807, 2.05) is 0 Å². The zero-order chi connectivity index (χ0) is 16.1. The average Bonchev–Trinajstić information content (AvgIpc) is 2.90. The fourth-order valence-electron chi connectivity index (χ4n) is 3.03. The lowest BCUT2D eigenvalue weighted by atomic mass is 10.1. The summed E-state index contributed by atoms with van der Waals surface area (Å²) in [5.41, 5.74) is 5.20. The van der Waals surface area contributed by atoms with Gasteiger partial charge in [-0.25, -0.2) is 0 Å². The predicted octanol–water partition coefficient (Wildman–Crippen LogP) is 3.47. The number of aromatic nitrogens is 1. The number of hydrogen-bond donors (Lipinski definition) is 2. The largest absolute Gasteiger partial charge is 0.396 e. The molecule has 0 aliphatic carbocycles. The molecule has 0 radical (unpaired) electrons. The summed E-state index contributed by atoms with van der Waals surface area (Å²) in [6.45, 7) is 4.93. The first kappa shape index (κ1) is 15.8. The van der Waals surface area contributed by atoms with E-state index in [0.29, 0.717) is 0 Å². The van der Waals surface area contributed by atoms with Crippen LogP contribution in [0.2, 0.25) is 0 Å². The van der Waals surface area contributed by atoms with Gasteiger partial charge in [0.05, 0.1) is 0 Å². The topological polar surface area (TPSA) is 37.2 Å². The van der Waals surface area contributed by atoms with Gasteiger partial charge in [0.15, 0.2) is 0 Å². The summed E-state index contributed by atoms with van der Waals surface area (Å²) in [5.74, 6) is 0. The minimum atomic E-state index is 0.238. The lowest BCUT2D eigenvalue weighted by molar-refractivity contribution is 0.286. The van der Waals surface area contributed by atoms with Crippen molar-refractivity contribution < 1.29 is 5.11 Å². The second kappa shape index (κ2) is 7.44. The number of benzene rings is 2. The van der Waals surface area contributed by atoms with Crippen molar-refractivity contribution in [1.29, 1.82) is 0 Å². The third-order valence-electron chi connectivity index (χ3n) is 4.13. The van der Waals surface area contributed by atoms with Gasteiger partial charge in [0, 0.05) is 36.8 Å². The summed E-state index contributed by atoms with van der Waals surface area (Å²) >= 11 is 0. The molecule has 0 aliphatic rings. The molecule has 2 aromatic carbocycles. The maximum Gasteiger partial charge on any atom is 0.0486 e. The Morgan fingerprint density at radius 2 is 1.96 bits per heavy atom. The highest BCUT2D eigenvalue weighted by Gasteiger charge is 2.08. The first-order valence-electron chi connectivity index (χ1n) is 8.22. The molecule has 0 aliphatic heterocycles. The van der Waals surface area contributed by atoms with Crippen molar-refractivity contribution in [3.8, 4) is 0 Å². The Bertz CT molecular complexity index is 776. The number of aliphatic hydroxyl groups is 1. The highest BCUT2D eigenvalue weighted by Crippen LogP contribution is 2.22. The number of fused-ring (bicyclic) bond motifs is 1. The number of aryl methyl sites for hydroxylation is 1. The van der Waals surface area contributed by atoms with Gasteiger partial charge in [-0.15, -0.1) is 0 Å². The number of para-hydroxylation sites is 1. The lowest BCUT2D eigenvalue weighted by Gasteiger charge is -2.06. The minimum absolute atomic E-state index is 0.238. The number of nitrogens with one attached hydrogen (secondary N) is 1. The van der Waals surface area contributed by atoms with Crippen LogP contribution in [-0.2, 0) is 13.1 Å². The van der Waals surface area contributed by atoms with Gasteiger partial charge in [-0.3, -0.25) is 0 Å². The molecule has 3 rings (SSSR count). The Hall–Kier alpha value is -2.10. The summed E-state index contributed by atoms with van der Waals surface area (Å²) in [7, 11) is 0. The summed E-state index contributed by atoms with van der Waals surface area (Å²) < 4.78 is 2.33. The molecule has 3 nitrogen and oxygen atoms in total. The third kappa shape index (κ3) is 3.81. The molecule has 3 heteroatoms. The van der Waals surface area contributed by atoms with Crippen molar-refractivity contribution in [2.24, 2.45) is 0 Å². The maximum atomic E-state index is 8.88. The zero-order valence-electron chi connectivity index (χ0n) is 13.6. The molecule has 3 aromatic rings. The fraction of sp³-hybridized carbons (Fsp3) is 0.300. The lowest BCUT2D eigenvalue weighted by Crippen LogP contribution is -2.15. The molecule has 2 N–H and O–H groups in total. The molecular weight excluding hydrogens is 284 g/mol. The molecule has 120 valence electrons. The number of nitrogens with zero attached hydrogens (tertiary/aromatic N) is 1. The van der Waals surface area contributed by atoms with Crippen molar-refractivity contribution in [2.75, 3.05) is 13.2 Å². The molecular formula is C20H24N2O. The van der Waals surface area contributed by atoms with E-state index >= 15 is 0 Å². The Balaban J connectivity index is 1.85. The molecule has 23 heavy (non-hydrogen) atoms. The quantitative estimate of drug-likeness (QED) is 0.656. The van der Waals surface area contributed by atoms with Crippen molar-refractivity contribution >= 4 is 10.9 Å². The van der Waals surface area contributed by atoms with E-state index in [0.717, 1.165) is 26.1 Å². The van der Waals surface area contributed by atoms with Crippen LogP contribution in [-0.4, -0.2) is 22.8 Å². The Morgan fingerprint density at radius 3 is 2.78 bits per heavy atom. The molecule has 0 saturated heterocycles. The van der Waals surface area contributed by atoms with E-state index < -0.39 is 0 Å². The van der Waals surface area contributed by atoms with Crippen LogP contribution in [0.25, 0.3) is 10.9 Å². The van der Waals surface area contributed by atoms with Gasteiger partial charge in [-0.2, -0.15) is 0 Å². The molecule has 0 unspecified atom stereocenters. The van der Waals surface area contributed by atoms with Gasteiger partial charge in [-0.1, -0.05) is 48.0 Å². The third-order valence-corrected chi connectivity index (χ3v) is 4.13. The van der Waals surface area contributed by atoms with E-state index in [-0.39, 0.29) is 6.61 Å². The van der Waals surface area contributed by atoms with Gasteiger partial charge >= 0.3 is 0 Å². The Labute approximate surface area is 137 Å². The smallest absolute Gasteiger partial charge is 0.0486 e. The molecule has 0 bridgehead atoms. The average molecular weight is 308 g/mol. The van der Waals surface area contributed by atoms with Gasteiger partial charge in [0.25, 0.3) is 0 Å². The van der Waals surface area contributed by atoms with E-state index in [9.17, 15) is 0 Å². The Morgan fingerprint density at radius 1 is 1.09 bits per heavy atom. The van der Waals surface area contributed by atoms with Crippen molar-refractivity contribution in [2.45, 2.75) is 26.4 Å². The van der Waals surface area contributed by atoms with Crippen molar-refractivity contribution in [3.63, 3.8) is 0 Å². The standard InChI is InChI=1S/C20H24N2O/c1-16-6-4-7-17(12-16)14-22-15-18(13-21-10-5-11-23)19-8-2-3-9-20(19)22/h2-4,6-9,12,15,21,23H,5,10-11,13-14H2,1H3. The monoisotopic (exact) mass is 308 g/mol. The number of hydrogen-bond acceptors (Lipinski definition) is 2. The van der Waals surface area contributed by atoms with Crippen LogP contribution >= 0.6 is 0 Å². The molecule has 1 aromatic heterocycles. The predicted molar refractivity (Wildman–Crippen MR) is 95.6 cm³/mol. The second-order valence-electron chi connectivity index (χ2n) is 6.04. The summed E-state index contributed by atoms with van der Waals surface area (Å²) in [4.78, 5) is 0. The summed E-state index contributed by atoms with van der Waals surface area (Å²) in [6.07, 6.45) is 3.04. The SMILES string of the molecule is Cc1cccc(Cn2cc(CNCCCO)c3ccccc32)c1. The van der Waals surface area contributed by atoms with Crippen LogP contribution in [0.15, 0.2) is 54.7 Å². The van der Waals surface area contributed by atoms with Gasteiger partial charge in [-0.05, 0) is 37.1 Å². The molecule has 1 heterocycles. The van der Waals surface area contributed by atoms with Crippen LogP contribution in [0.1, 0.15) is 23.1 Å². The maximum absolute atomic E-state index is 8.88. The van der Waals surface area contributed by atoms with Gasteiger partial charge in [0.2, 0.25) is 0 Å². The van der Waals surface area contributed by atoms with Crippen LogP contribution < -0.4 is 5.32 Å². The summed E-state index contributed by atoms with van der Waals surface area (Å²) in [5, 5.41) is 13.6. The minimum Gasteiger partial charge on any atom is -0.396 e. The van der Waals surface area contributed by atoms with Crippen LogP contribution in [0.4, 0.5) is 0 Å². The van der Waals surface area contributed by atoms with Crippen molar-refractivity contribution in [3.05, 3.63) is 71.4 Å². The fourth-order valence-corrected chi connectivity index (χ4v) is 3.03. The van der Waals surface area contributed by atoms with E-state index in [1.165, 1.54) is 27.6 Å². The first-order valence-corrected chi connectivity index (χ1v) is 8.22. The molecule has 0 saturated carbocycles. The molecule has 0 fully saturated rings. The number of rotatable bonds is 7. The normalized spacial score (nSPS) is 11.2. The molecule has 0 amide bonds. The summed E-state index contributed by atoms with van der Waals surface area (Å²) in [6, 6.07) is 17.2. The van der Waals surface area contributed by atoms with Crippen LogP contribution in [0.3, 0.4) is 0 Å². The van der Waals surface area contributed by atoms with Crippen LogP contribution in [0, 0.1) is 6.92 Å². The zero-order valence-corrected chi connectivity index (χ0v) is 13.6. The van der Waals surface area contributed by atoms with Gasteiger partial charge < -0.3 is 15.0 Å².